The fourth-order valence-electron chi connectivity index (χ4n) is 3.46. The maximum absolute atomic E-state index is 14.1. The zero-order valence-electron chi connectivity index (χ0n) is 16.2. The molecule has 1 aliphatic heterocycles. The Morgan fingerprint density at radius 3 is 2.07 bits per heavy atom. The molecule has 0 saturated carbocycles. The van der Waals surface area contributed by atoms with Gasteiger partial charge in [0, 0.05) is 0 Å². The predicted octanol–water partition coefficient (Wildman–Crippen LogP) is 5.94. The first-order valence-electron chi connectivity index (χ1n) is 9.59. The third kappa shape index (κ3) is 3.86. The Bertz CT molecular complexity index is 1010. The van der Waals surface area contributed by atoms with Crippen LogP contribution in [-0.2, 0) is 4.74 Å². The van der Waals surface area contributed by atoms with Gasteiger partial charge in [0.05, 0.1) is 6.61 Å². The molecule has 0 saturated heterocycles. The van der Waals surface area contributed by atoms with E-state index < -0.39 is 11.6 Å². The number of hydrogen-bond acceptors (Lipinski definition) is 3. The molecule has 0 unspecified atom stereocenters. The van der Waals surface area contributed by atoms with Gasteiger partial charge in [-0.15, -0.1) is 0 Å². The molecule has 3 aromatic rings. The van der Waals surface area contributed by atoms with E-state index >= 15 is 0 Å². The molecule has 0 bridgehead atoms. The normalized spacial score (nSPS) is 18.3. The second kappa shape index (κ2) is 8.03. The van der Waals surface area contributed by atoms with Crippen molar-refractivity contribution in [3.05, 3.63) is 89.5 Å². The van der Waals surface area contributed by atoms with Crippen LogP contribution in [-0.4, -0.2) is 18.6 Å². The number of halogens is 2. The highest BCUT2D eigenvalue weighted by atomic mass is 19.1. The Labute approximate surface area is 168 Å². The van der Waals surface area contributed by atoms with Crippen LogP contribution in [0.15, 0.2) is 71.7 Å². The Morgan fingerprint density at radius 1 is 0.897 bits per heavy atom. The minimum atomic E-state index is -0.678. The smallest absolute Gasteiger partial charge is 0.223 e. The van der Waals surface area contributed by atoms with Crippen LogP contribution in [0.1, 0.15) is 31.0 Å². The number of benzene rings is 3. The standard InChI is InChI=1S/C24H21F2NO2/c1-3-28-19-13-11-17(12-14-19)16-7-9-18(10-8-16)23-15(2)29-24(27-23)22-20(25)5-4-6-21(22)26/h4-15,23H,3H2,1-2H3/t15-,23+/m0/s1. The second-order valence-corrected chi connectivity index (χ2v) is 6.88. The summed E-state index contributed by atoms with van der Waals surface area (Å²) in [5.74, 6) is -0.509. The molecular formula is C24H21F2NO2. The van der Waals surface area contributed by atoms with E-state index in [0.717, 1.165) is 22.4 Å². The molecular weight excluding hydrogens is 372 g/mol. The van der Waals surface area contributed by atoms with Gasteiger partial charge in [-0.2, -0.15) is 0 Å². The summed E-state index contributed by atoms with van der Waals surface area (Å²) >= 11 is 0. The number of nitrogens with zero attached hydrogens (tertiary/aromatic N) is 1. The Balaban J connectivity index is 1.58. The summed E-state index contributed by atoms with van der Waals surface area (Å²) in [4.78, 5) is 4.46. The highest BCUT2D eigenvalue weighted by Crippen LogP contribution is 2.33. The number of ether oxygens (including phenoxy) is 2. The van der Waals surface area contributed by atoms with Crippen molar-refractivity contribution in [2.45, 2.75) is 26.0 Å². The number of aliphatic imine (C=N–C) groups is 1. The molecule has 5 heteroatoms. The highest BCUT2D eigenvalue weighted by Gasteiger charge is 2.32. The Morgan fingerprint density at radius 2 is 1.48 bits per heavy atom. The van der Waals surface area contributed by atoms with E-state index in [-0.39, 0.29) is 23.6 Å². The molecule has 0 spiro atoms. The van der Waals surface area contributed by atoms with Crippen LogP contribution < -0.4 is 4.74 Å². The number of hydrogen-bond donors (Lipinski definition) is 0. The summed E-state index contributed by atoms with van der Waals surface area (Å²) in [7, 11) is 0. The van der Waals surface area contributed by atoms with E-state index in [2.05, 4.69) is 4.99 Å². The summed E-state index contributed by atoms with van der Waals surface area (Å²) in [5.41, 5.74) is 2.85. The minimum absolute atomic E-state index is 0.00805. The lowest BCUT2D eigenvalue weighted by atomic mass is 9.99. The van der Waals surface area contributed by atoms with Gasteiger partial charge in [0.1, 0.15) is 35.1 Å². The summed E-state index contributed by atoms with van der Waals surface area (Å²) in [6.07, 6.45) is -0.319. The van der Waals surface area contributed by atoms with Crippen molar-refractivity contribution >= 4 is 5.90 Å². The van der Waals surface area contributed by atoms with Crippen molar-refractivity contribution in [1.29, 1.82) is 0 Å². The predicted molar refractivity (Wildman–Crippen MR) is 109 cm³/mol. The molecule has 3 nitrogen and oxygen atoms in total. The van der Waals surface area contributed by atoms with Crippen molar-refractivity contribution in [2.75, 3.05) is 6.61 Å². The van der Waals surface area contributed by atoms with Gasteiger partial charge in [0.25, 0.3) is 0 Å². The second-order valence-electron chi connectivity index (χ2n) is 6.88. The maximum atomic E-state index is 14.1. The third-order valence-electron chi connectivity index (χ3n) is 4.93. The molecule has 29 heavy (non-hydrogen) atoms. The van der Waals surface area contributed by atoms with Crippen LogP contribution in [0.5, 0.6) is 5.75 Å². The van der Waals surface area contributed by atoms with E-state index in [9.17, 15) is 8.78 Å². The molecule has 3 aromatic carbocycles. The average Bonchev–Trinajstić information content (AvgIpc) is 3.10. The minimum Gasteiger partial charge on any atom is -0.494 e. The third-order valence-corrected chi connectivity index (χ3v) is 4.93. The van der Waals surface area contributed by atoms with Gasteiger partial charge >= 0.3 is 0 Å². The van der Waals surface area contributed by atoms with Gasteiger partial charge in [-0.25, -0.2) is 13.8 Å². The van der Waals surface area contributed by atoms with E-state index in [1.165, 1.54) is 18.2 Å². The average molecular weight is 393 g/mol. The van der Waals surface area contributed by atoms with Crippen LogP contribution >= 0.6 is 0 Å². The van der Waals surface area contributed by atoms with Crippen molar-refractivity contribution in [3.63, 3.8) is 0 Å². The van der Waals surface area contributed by atoms with Gasteiger partial charge in [-0.1, -0.05) is 42.5 Å². The molecule has 4 rings (SSSR count). The van der Waals surface area contributed by atoms with Crippen molar-refractivity contribution < 1.29 is 18.3 Å². The SMILES string of the molecule is CCOc1ccc(-c2ccc([C@@H]3N=C(c4c(F)cccc4F)O[C@H]3C)cc2)cc1. The fourth-order valence-corrected chi connectivity index (χ4v) is 3.46. The first-order chi connectivity index (χ1) is 14.1. The van der Waals surface area contributed by atoms with Gasteiger partial charge in [0.2, 0.25) is 5.90 Å². The van der Waals surface area contributed by atoms with Crippen LogP contribution in [0, 0.1) is 11.6 Å². The summed E-state index contributed by atoms with van der Waals surface area (Å²) < 4.78 is 39.3. The van der Waals surface area contributed by atoms with E-state index in [1.54, 1.807) is 0 Å². The zero-order chi connectivity index (χ0) is 20.4. The summed E-state index contributed by atoms with van der Waals surface area (Å²) in [6.45, 7) is 4.43. The quantitative estimate of drug-likeness (QED) is 0.537. The number of rotatable bonds is 5. The van der Waals surface area contributed by atoms with Crippen LogP contribution in [0.3, 0.4) is 0 Å². The van der Waals surface area contributed by atoms with Gasteiger partial charge in [0.15, 0.2) is 0 Å². The fraction of sp³-hybridized carbons (Fsp3) is 0.208. The monoisotopic (exact) mass is 393 g/mol. The Hall–Kier alpha value is -3.21. The van der Waals surface area contributed by atoms with Crippen molar-refractivity contribution in [2.24, 2.45) is 4.99 Å². The van der Waals surface area contributed by atoms with Crippen LogP contribution in [0.2, 0.25) is 0 Å². The van der Waals surface area contributed by atoms with Crippen molar-refractivity contribution in [3.8, 4) is 16.9 Å². The largest absolute Gasteiger partial charge is 0.494 e. The van der Waals surface area contributed by atoms with E-state index in [1.807, 2.05) is 62.4 Å². The first-order valence-corrected chi connectivity index (χ1v) is 9.59. The van der Waals surface area contributed by atoms with E-state index in [4.69, 9.17) is 9.47 Å². The molecule has 0 radical (unpaired) electrons. The molecule has 0 aliphatic carbocycles. The first kappa shape index (κ1) is 19.1. The molecule has 0 fully saturated rings. The lowest BCUT2D eigenvalue weighted by Gasteiger charge is -2.14. The molecule has 2 atom stereocenters. The van der Waals surface area contributed by atoms with E-state index in [0.29, 0.717) is 6.61 Å². The maximum Gasteiger partial charge on any atom is 0.223 e. The lowest BCUT2D eigenvalue weighted by molar-refractivity contribution is 0.213. The molecule has 1 heterocycles. The zero-order valence-corrected chi connectivity index (χ0v) is 16.2. The van der Waals surface area contributed by atoms with Crippen LogP contribution in [0.4, 0.5) is 8.78 Å². The molecule has 0 amide bonds. The lowest BCUT2D eigenvalue weighted by Crippen LogP contribution is -2.14. The van der Waals surface area contributed by atoms with Crippen molar-refractivity contribution in [1.82, 2.24) is 0 Å². The van der Waals surface area contributed by atoms with Gasteiger partial charge in [-0.3, -0.25) is 0 Å². The molecule has 0 N–H and O–H groups in total. The van der Waals surface area contributed by atoms with Crippen LogP contribution in [0.25, 0.3) is 11.1 Å². The summed E-state index contributed by atoms with van der Waals surface area (Å²) in [6, 6.07) is 19.3. The van der Waals surface area contributed by atoms with Gasteiger partial charge < -0.3 is 9.47 Å². The molecule has 0 aromatic heterocycles. The topological polar surface area (TPSA) is 30.8 Å². The highest BCUT2D eigenvalue weighted by molar-refractivity contribution is 5.96. The Kier molecular flexibility index (Phi) is 5.30. The summed E-state index contributed by atoms with van der Waals surface area (Å²) in [5, 5.41) is 0. The molecule has 1 aliphatic rings. The van der Waals surface area contributed by atoms with Gasteiger partial charge in [-0.05, 0) is 54.8 Å². The molecule has 148 valence electrons.